The Morgan fingerprint density at radius 3 is 1.65 bits per heavy atom. The minimum Gasteiger partial charge on any atom is -0.455 e. The number of furan rings is 1. The van der Waals surface area contributed by atoms with Crippen LogP contribution in [0.1, 0.15) is 0 Å². The number of aromatic nitrogens is 4. The van der Waals surface area contributed by atoms with Gasteiger partial charge in [0.05, 0.1) is 16.7 Å². The molecule has 0 aliphatic carbocycles. The van der Waals surface area contributed by atoms with Crippen molar-refractivity contribution in [3.63, 3.8) is 0 Å². The molecule has 11 aromatic carbocycles. The summed E-state index contributed by atoms with van der Waals surface area (Å²) in [7, 11) is 0. The fourth-order valence-corrected chi connectivity index (χ4v) is 10.4. The summed E-state index contributed by atoms with van der Waals surface area (Å²) in [5, 5.41) is 14.0. The van der Waals surface area contributed by atoms with Gasteiger partial charge >= 0.3 is 0 Å². The zero-order valence-corrected chi connectivity index (χ0v) is 35.5. The van der Waals surface area contributed by atoms with E-state index in [9.17, 15) is 0 Å². The highest BCUT2D eigenvalue weighted by atomic mass is 16.3. The molecule has 3 heterocycles. The molecule has 66 heavy (non-hydrogen) atoms. The summed E-state index contributed by atoms with van der Waals surface area (Å²) in [6.45, 7) is 0. The number of hydrogen-bond donors (Lipinski definition) is 0. The van der Waals surface area contributed by atoms with E-state index in [0.29, 0.717) is 17.5 Å². The van der Waals surface area contributed by atoms with Gasteiger partial charge < -0.3 is 8.98 Å². The first-order valence-corrected chi connectivity index (χ1v) is 22.3. The molecular weight excluding hydrogens is 805 g/mol. The highest BCUT2D eigenvalue weighted by Gasteiger charge is 2.23. The Balaban J connectivity index is 1.07. The molecule has 3 aromatic heterocycles. The summed E-state index contributed by atoms with van der Waals surface area (Å²) >= 11 is 0. The average Bonchev–Trinajstić information content (AvgIpc) is 3.93. The smallest absolute Gasteiger partial charge is 0.164 e. The highest BCUT2D eigenvalue weighted by Crippen LogP contribution is 2.44. The molecule has 0 spiro atoms. The largest absolute Gasteiger partial charge is 0.455 e. The third-order valence-electron chi connectivity index (χ3n) is 13.4. The second kappa shape index (κ2) is 14.3. The summed E-state index contributed by atoms with van der Waals surface area (Å²) in [4.78, 5) is 16.0. The summed E-state index contributed by atoms with van der Waals surface area (Å²) in [6, 6.07) is 77.4. The Labute approximate surface area is 378 Å². The summed E-state index contributed by atoms with van der Waals surface area (Å²) in [5.74, 6) is 1.81. The van der Waals surface area contributed by atoms with E-state index in [2.05, 4.69) is 193 Å². The van der Waals surface area contributed by atoms with Crippen LogP contribution in [0.2, 0.25) is 0 Å². The van der Waals surface area contributed by atoms with E-state index in [1.165, 1.54) is 37.7 Å². The molecule has 0 N–H and O–H groups in total. The normalized spacial score (nSPS) is 11.9. The van der Waals surface area contributed by atoms with Crippen molar-refractivity contribution in [2.24, 2.45) is 0 Å². The predicted octanol–water partition coefficient (Wildman–Crippen LogP) is 16.1. The van der Waals surface area contributed by atoms with Gasteiger partial charge in [-0.15, -0.1) is 0 Å². The van der Waals surface area contributed by atoms with E-state index in [4.69, 9.17) is 19.4 Å². The van der Waals surface area contributed by atoms with Gasteiger partial charge in [0.1, 0.15) is 11.2 Å². The van der Waals surface area contributed by atoms with Crippen molar-refractivity contribution < 1.29 is 4.42 Å². The van der Waals surface area contributed by atoms with E-state index >= 15 is 0 Å². The van der Waals surface area contributed by atoms with E-state index < -0.39 is 0 Å². The second-order valence-corrected chi connectivity index (χ2v) is 17.1. The quantitative estimate of drug-likeness (QED) is 0.162. The first kappa shape index (κ1) is 36.5. The van der Waals surface area contributed by atoms with Crippen molar-refractivity contribution in [1.29, 1.82) is 0 Å². The van der Waals surface area contributed by atoms with Gasteiger partial charge in [0.15, 0.2) is 17.5 Å². The highest BCUT2D eigenvalue weighted by molar-refractivity contribution is 6.28. The monoisotopic (exact) mass is 840 g/mol. The maximum Gasteiger partial charge on any atom is 0.164 e. The number of benzene rings is 11. The Morgan fingerprint density at radius 1 is 0.318 bits per heavy atom. The molecule has 0 atom stereocenters. The van der Waals surface area contributed by atoms with E-state index in [-0.39, 0.29) is 0 Å². The van der Waals surface area contributed by atoms with Crippen LogP contribution < -0.4 is 0 Å². The van der Waals surface area contributed by atoms with Gasteiger partial charge in [-0.05, 0) is 80.2 Å². The minimum atomic E-state index is 0.582. The Kier molecular flexibility index (Phi) is 7.91. The minimum absolute atomic E-state index is 0.582. The Hall–Kier alpha value is -8.93. The zero-order valence-electron chi connectivity index (χ0n) is 35.5. The second-order valence-electron chi connectivity index (χ2n) is 17.1. The molecule has 14 aromatic rings. The zero-order chi connectivity index (χ0) is 43.3. The van der Waals surface area contributed by atoms with Crippen LogP contribution in [0.3, 0.4) is 0 Å². The summed E-state index contributed by atoms with van der Waals surface area (Å²) in [5.41, 5.74) is 9.68. The number of nitrogens with zero attached hydrogens (tertiary/aromatic N) is 4. The van der Waals surface area contributed by atoms with Crippen molar-refractivity contribution in [3.8, 4) is 51.0 Å². The van der Waals surface area contributed by atoms with Crippen molar-refractivity contribution in [2.75, 3.05) is 0 Å². The van der Waals surface area contributed by atoms with Crippen LogP contribution in [-0.2, 0) is 0 Å². The Bertz CT molecular complexity index is 4250. The fourth-order valence-electron chi connectivity index (χ4n) is 10.4. The Morgan fingerprint density at radius 2 is 0.879 bits per heavy atom. The molecule has 0 radical (unpaired) electrons. The number of para-hydroxylation sites is 3. The van der Waals surface area contributed by atoms with Gasteiger partial charge in [0, 0.05) is 54.7 Å². The average molecular weight is 841 g/mol. The van der Waals surface area contributed by atoms with Gasteiger partial charge in [0.25, 0.3) is 0 Å². The van der Waals surface area contributed by atoms with Gasteiger partial charge in [-0.2, -0.15) is 0 Å². The van der Waals surface area contributed by atoms with Crippen LogP contribution in [0.5, 0.6) is 0 Å². The first-order chi connectivity index (χ1) is 32.7. The molecule has 0 aliphatic heterocycles. The van der Waals surface area contributed by atoms with Crippen LogP contribution in [0.25, 0.3) is 138 Å². The van der Waals surface area contributed by atoms with Crippen molar-refractivity contribution >= 4 is 86.8 Å². The van der Waals surface area contributed by atoms with Crippen molar-refractivity contribution in [3.05, 3.63) is 218 Å². The molecule has 5 heteroatoms. The van der Waals surface area contributed by atoms with E-state index in [1.807, 2.05) is 30.3 Å². The van der Waals surface area contributed by atoms with Gasteiger partial charge in [-0.25, -0.2) is 15.0 Å². The SMILES string of the molecule is c1ccc(-c2nc(-c3ccc(-n4c5ccccc5c5cc6ccccc6cc54)c(-c4cccc5c4oc4ccccc45)c3)nc(-c3cccc4c5ccccc5c5ccccc5c34)n2)cc1. The third-order valence-corrected chi connectivity index (χ3v) is 13.4. The van der Waals surface area contributed by atoms with Crippen LogP contribution in [-0.4, -0.2) is 19.5 Å². The molecule has 5 nitrogen and oxygen atoms in total. The predicted molar refractivity (Wildman–Crippen MR) is 273 cm³/mol. The molecule has 14 rings (SSSR count). The summed E-state index contributed by atoms with van der Waals surface area (Å²) in [6.07, 6.45) is 0. The van der Waals surface area contributed by atoms with E-state index in [1.54, 1.807) is 0 Å². The van der Waals surface area contributed by atoms with Crippen LogP contribution in [0.15, 0.2) is 223 Å². The van der Waals surface area contributed by atoms with Crippen LogP contribution in [0, 0.1) is 0 Å². The molecular formula is C61H36N4O. The lowest BCUT2D eigenvalue weighted by atomic mass is 9.91. The van der Waals surface area contributed by atoms with E-state index in [0.717, 1.165) is 82.6 Å². The number of hydrogen-bond acceptors (Lipinski definition) is 4. The molecule has 0 saturated heterocycles. The van der Waals surface area contributed by atoms with Crippen LogP contribution >= 0.6 is 0 Å². The van der Waals surface area contributed by atoms with Gasteiger partial charge in [0.2, 0.25) is 0 Å². The topological polar surface area (TPSA) is 56.7 Å². The molecule has 0 fully saturated rings. The lowest BCUT2D eigenvalue weighted by molar-refractivity contribution is 0.670. The molecule has 306 valence electrons. The number of fused-ring (bicyclic) bond motifs is 13. The van der Waals surface area contributed by atoms with Crippen molar-refractivity contribution in [2.45, 2.75) is 0 Å². The maximum absolute atomic E-state index is 6.80. The molecule has 0 bridgehead atoms. The third kappa shape index (κ3) is 5.50. The lowest BCUT2D eigenvalue weighted by Gasteiger charge is -2.17. The maximum atomic E-state index is 6.80. The molecule has 0 unspecified atom stereocenters. The number of rotatable bonds is 5. The molecule has 0 amide bonds. The van der Waals surface area contributed by atoms with Crippen molar-refractivity contribution in [1.82, 2.24) is 19.5 Å². The standard InChI is InChI=1S/C61H36N4O/c1-2-16-37(17-3-1)59-62-60(64-61(63-59)50-29-14-26-47-43-21-7-6-20-41(43)42-22-8-9-25-46(42)57(47)50)40-32-33-54(52(35-40)49-28-15-27-48-45-24-11-13-31-56(45)66-58(48)49)65-53-30-12-10-23-44(53)51-34-38-18-4-5-19-39(38)36-55(51)65/h1-36H. The molecule has 0 saturated carbocycles. The van der Waals surface area contributed by atoms with Gasteiger partial charge in [-0.1, -0.05) is 176 Å². The first-order valence-electron chi connectivity index (χ1n) is 22.3. The fraction of sp³-hybridized carbons (Fsp3) is 0. The van der Waals surface area contributed by atoms with Gasteiger partial charge in [-0.3, -0.25) is 0 Å². The van der Waals surface area contributed by atoms with Crippen LogP contribution in [0.4, 0.5) is 0 Å². The molecule has 0 aliphatic rings. The lowest BCUT2D eigenvalue weighted by Crippen LogP contribution is -2.02. The summed E-state index contributed by atoms with van der Waals surface area (Å²) < 4.78 is 9.21.